The summed E-state index contributed by atoms with van der Waals surface area (Å²) in [5.41, 5.74) is 4.74. The molecule has 8 nitrogen and oxygen atoms in total. The molecule has 5 aromatic rings. The summed E-state index contributed by atoms with van der Waals surface area (Å²) in [6.45, 7) is 1.96. The average molecular weight is 517 g/mol. The highest BCUT2D eigenvalue weighted by Gasteiger charge is 2.26. The first kappa shape index (κ1) is 23.2. The number of rotatable bonds is 5. The van der Waals surface area contributed by atoms with Crippen LogP contribution in [0.2, 0.25) is 0 Å². The number of aromatic amines is 1. The lowest BCUT2D eigenvalue weighted by Crippen LogP contribution is -2.21. The fourth-order valence-electron chi connectivity index (χ4n) is 5.24. The number of aromatic nitrogens is 3. The van der Waals surface area contributed by atoms with Gasteiger partial charge in [-0.15, -0.1) is 0 Å². The molecule has 0 amide bonds. The van der Waals surface area contributed by atoms with E-state index < -0.39 is 10.5 Å². The largest absolute Gasteiger partial charge is 0.488 e. The number of fused-ring (bicyclic) bond motifs is 4. The van der Waals surface area contributed by atoms with E-state index in [4.69, 9.17) is 0 Å². The van der Waals surface area contributed by atoms with Gasteiger partial charge in [-0.3, -0.25) is 9.78 Å². The van der Waals surface area contributed by atoms with Crippen LogP contribution >= 0.6 is 0 Å². The van der Waals surface area contributed by atoms with Crippen LogP contribution in [0.25, 0.3) is 44.0 Å². The van der Waals surface area contributed by atoms with Gasteiger partial charge in [0.05, 0.1) is 28.7 Å². The summed E-state index contributed by atoms with van der Waals surface area (Å²) in [6.07, 6.45) is 6.29. The van der Waals surface area contributed by atoms with Crippen molar-refractivity contribution in [2.24, 2.45) is 0 Å². The van der Waals surface area contributed by atoms with Gasteiger partial charge in [-0.2, -0.15) is 13.7 Å². The fraction of sp³-hybridized carbons (Fsp3) is 0.222. The molecule has 1 aliphatic carbocycles. The van der Waals surface area contributed by atoms with Crippen molar-refractivity contribution in [2.45, 2.75) is 38.6 Å². The van der Waals surface area contributed by atoms with Gasteiger partial charge in [-0.25, -0.2) is 0 Å². The third-order valence-corrected chi connectivity index (χ3v) is 7.53. The van der Waals surface area contributed by atoms with Crippen molar-refractivity contribution in [2.75, 3.05) is 0 Å². The van der Waals surface area contributed by atoms with Crippen molar-refractivity contribution in [3.05, 3.63) is 70.1 Å². The van der Waals surface area contributed by atoms with E-state index in [1.807, 2.05) is 25.1 Å². The maximum Gasteiger partial charge on any atom is 0.488 e. The summed E-state index contributed by atoms with van der Waals surface area (Å²) < 4.78 is 41.7. The number of nitriles is 1. The zero-order chi connectivity index (χ0) is 25.9. The van der Waals surface area contributed by atoms with Gasteiger partial charge in [-0.1, -0.05) is 16.9 Å². The minimum absolute atomic E-state index is 0.100. The molecule has 0 aliphatic heterocycles. The van der Waals surface area contributed by atoms with Crippen LogP contribution in [0.1, 0.15) is 43.4 Å². The lowest BCUT2D eigenvalue weighted by Gasteiger charge is -2.31. The maximum atomic E-state index is 13.9. The lowest BCUT2D eigenvalue weighted by molar-refractivity contribution is 0.327. The molecule has 0 unspecified atom stereocenters. The number of aryl methyl sites for hydroxylation is 1. The van der Waals surface area contributed by atoms with Crippen molar-refractivity contribution in [1.29, 1.82) is 5.26 Å². The molecule has 0 spiro atoms. The maximum absolute atomic E-state index is 13.9. The monoisotopic (exact) mass is 516 g/mol. The van der Waals surface area contributed by atoms with Crippen LogP contribution in [0, 0.1) is 11.3 Å². The van der Waals surface area contributed by atoms with Crippen LogP contribution in [0.5, 0.6) is 5.75 Å². The Morgan fingerprint density at radius 3 is 2.68 bits per heavy atom. The molecule has 1 saturated carbocycles. The predicted octanol–water partition coefficient (Wildman–Crippen LogP) is 5.45. The Morgan fingerprint density at radius 2 is 2.00 bits per heavy atom. The number of pyridine rings is 2. The van der Waals surface area contributed by atoms with Gasteiger partial charge in [0, 0.05) is 34.1 Å². The molecule has 0 atom stereocenters. The summed E-state index contributed by atoms with van der Waals surface area (Å²) in [7, 11) is -5.20. The van der Waals surface area contributed by atoms with E-state index in [9.17, 15) is 22.4 Å². The van der Waals surface area contributed by atoms with E-state index in [0.717, 1.165) is 53.0 Å². The number of H-pyrrole nitrogens is 1. The van der Waals surface area contributed by atoms with Gasteiger partial charge >= 0.3 is 10.5 Å². The van der Waals surface area contributed by atoms with E-state index in [1.54, 1.807) is 18.3 Å². The molecule has 0 saturated heterocycles. The Bertz CT molecular complexity index is 1950. The van der Waals surface area contributed by atoms with Crippen molar-refractivity contribution in [3.8, 4) is 22.9 Å². The Kier molecular flexibility index (Phi) is 5.28. The third kappa shape index (κ3) is 3.83. The Labute approximate surface area is 211 Å². The minimum Gasteiger partial charge on any atom is -0.357 e. The standard InChI is InChI=1S/C27H21FN4O4S/c1-2-16-10-22-24(11-21(16)17-9-19(14-30-13-17)36-37(28,34)35)32(18-4-3-5-18)27-25(26(22)33)20-7-6-15(12-29)8-23(20)31-27/h6-11,13-14,18,31H,2-5H2,1H3. The van der Waals surface area contributed by atoms with Gasteiger partial charge < -0.3 is 13.7 Å². The molecule has 186 valence electrons. The molecule has 1 fully saturated rings. The van der Waals surface area contributed by atoms with Crippen LogP contribution < -0.4 is 9.61 Å². The second-order valence-electron chi connectivity index (χ2n) is 9.27. The first-order chi connectivity index (χ1) is 17.8. The quantitative estimate of drug-likeness (QED) is 0.310. The summed E-state index contributed by atoms with van der Waals surface area (Å²) >= 11 is 0. The van der Waals surface area contributed by atoms with E-state index in [-0.39, 0.29) is 17.2 Å². The third-order valence-electron chi connectivity index (χ3n) is 7.14. The highest BCUT2D eigenvalue weighted by atomic mass is 32.3. The number of hydrogen-bond acceptors (Lipinski definition) is 6. The Balaban J connectivity index is 1.68. The smallest absolute Gasteiger partial charge is 0.357 e. The first-order valence-electron chi connectivity index (χ1n) is 11.9. The van der Waals surface area contributed by atoms with E-state index in [2.05, 4.69) is 24.8 Å². The molecule has 3 heterocycles. The molecule has 10 heteroatoms. The van der Waals surface area contributed by atoms with Crippen LogP contribution in [-0.2, 0) is 16.9 Å². The van der Waals surface area contributed by atoms with Gasteiger partial charge in [0.15, 0.2) is 11.2 Å². The zero-order valence-corrected chi connectivity index (χ0v) is 20.6. The number of benzene rings is 2. The summed E-state index contributed by atoms with van der Waals surface area (Å²) in [6, 6.07) is 12.8. The highest BCUT2D eigenvalue weighted by Crippen LogP contribution is 2.39. The van der Waals surface area contributed by atoms with Crippen LogP contribution in [0.15, 0.2) is 53.6 Å². The number of nitrogens with one attached hydrogen (secondary N) is 1. The van der Waals surface area contributed by atoms with Crippen molar-refractivity contribution >= 4 is 43.3 Å². The van der Waals surface area contributed by atoms with Crippen LogP contribution in [0.3, 0.4) is 0 Å². The normalized spacial score (nSPS) is 14.2. The molecular weight excluding hydrogens is 495 g/mol. The number of hydrogen-bond donors (Lipinski definition) is 1. The predicted molar refractivity (Wildman–Crippen MR) is 138 cm³/mol. The summed E-state index contributed by atoms with van der Waals surface area (Å²) in [5, 5.41) is 11.3. The number of halogens is 1. The Morgan fingerprint density at radius 1 is 1.19 bits per heavy atom. The molecule has 1 aliphatic rings. The second kappa shape index (κ2) is 8.42. The molecule has 3 aromatic heterocycles. The van der Waals surface area contributed by atoms with Crippen LogP contribution in [-0.4, -0.2) is 23.0 Å². The molecule has 37 heavy (non-hydrogen) atoms. The van der Waals surface area contributed by atoms with E-state index >= 15 is 0 Å². The van der Waals surface area contributed by atoms with E-state index in [1.165, 1.54) is 6.07 Å². The first-order valence-corrected chi connectivity index (χ1v) is 13.2. The van der Waals surface area contributed by atoms with Gasteiger partial charge in [0.25, 0.3) is 0 Å². The zero-order valence-electron chi connectivity index (χ0n) is 19.8. The molecular formula is C27H21FN4O4S. The highest BCUT2D eigenvalue weighted by molar-refractivity contribution is 7.81. The lowest BCUT2D eigenvalue weighted by atomic mass is 9.90. The average Bonchev–Trinajstić information content (AvgIpc) is 3.22. The van der Waals surface area contributed by atoms with Crippen molar-refractivity contribution in [1.82, 2.24) is 14.5 Å². The molecule has 0 bridgehead atoms. The van der Waals surface area contributed by atoms with Crippen molar-refractivity contribution in [3.63, 3.8) is 0 Å². The second-order valence-corrected chi connectivity index (χ2v) is 10.2. The van der Waals surface area contributed by atoms with Gasteiger partial charge in [0.1, 0.15) is 5.65 Å². The molecule has 6 rings (SSSR count). The van der Waals surface area contributed by atoms with Gasteiger partial charge in [-0.05, 0) is 67.1 Å². The van der Waals surface area contributed by atoms with Crippen LogP contribution in [0.4, 0.5) is 3.89 Å². The van der Waals surface area contributed by atoms with Gasteiger partial charge in [0.2, 0.25) is 0 Å². The minimum atomic E-state index is -5.20. The SMILES string of the molecule is CCc1cc2c(=O)c3c4ccc(C#N)cc4[nH]c3n(C3CCC3)c2cc1-c1cncc(OS(=O)(=O)F)c1. The molecule has 0 radical (unpaired) electrons. The van der Waals surface area contributed by atoms with Crippen molar-refractivity contribution < 1.29 is 16.5 Å². The molecule has 1 N–H and O–H groups in total. The number of nitrogens with zero attached hydrogens (tertiary/aromatic N) is 3. The molecule has 2 aromatic carbocycles. The summed E-state index contributed by atoms with van der Waals surface area (Å²) in [5.74, 6) is -0.238. The summed E-state index contributed by atoms with van der Waals surface area (Å²) in [4.78, 5) is 21.3. The Hall–Kier alpha value is -4.23. The topological polar surface area (TPSA) is 118 Å². The van der Waals surface area contributed by atoms with E-state index in [0.29, 0.717) is 34.0 Å². The fourth-order valence-corrected chi connectivity index (χ4v) is 5.57.